The number of likely N-dealkylation sites (tertiary alicyclic amines) is 1. The van der Waals surface area contributed by atoms with E-state index in [1.807, 2.05) is 6.92 Å². The van der Waals surface area contributed by atoms with Crippen molar-refractivity contribution < 1.29 is 4.74 Å². The third-order valence-electron chi connectivity index (χ3n) is 4.03. The summed E-state index contributed by atoms with van der Waals surface area (Å²) in [6, 6.07) is 8.39. The molecule has 1 heterocycles. The molecule has 1 aliphatic rings. The Bertz CT molecular complexity index is 453. The minimum Gasteiger partial charge on any atom is -0.377 e. The maximum absolute atomic E-state index is 6.09. The van der Waals surface area contributed by atoms with E-state index in [1.165, 1.54) is 24.0 Å². The van der Waals surface area contributed by atoms with Crippen LogP contribution in [0.3, 0.4) is 0 Å². The van der Waals surface area contributed by atoms with Crippen LogP contribution in [0.25, 0.3) is 0 Å². The van der Waals surface area contributed by atoms with Crippen molar-refractivity contribution in [2.24, 2.45) is 16.6 Å². The molecule has 0 spiro atoms. The smallest absolute Gasteiger partial charge is 0.191 e. The molecule has 2 rings (SSSR count). The first-order valence-electron chi connectivity index (χ1n) is 7.89. The summed E-state index contributed by atoms with van der Waals surface area (Å²) in [5, 5.41) is 0. The Hall–Kier alpha value is -0.820. The topological polar surface area (TPSA) is 50.9 Å². The molecule has 0 atom stereocenters. The van der Waals surface area contributed by atoms with E-state index < -0.39 is 0 Å². The number of hydrogen-bond donors (Lipinski definition) is 1. The molecule has 1 saturated heterocycles. The molecule has 2 N–H and O–H groups in total. The van der Waals surface area contributed by atoms with E-state index in [1.54, 1.807) is 0 Å². The molecule has 1 aromatic rings. The van der Waals surface area contributed by atoms with Crippen LogP contribution in [0.2, 0.25) is 0 Å². The Balaban J connectivity index is 0.00000242. The molecule has 124 valence electrons. The predicted octanol–water partition coefficient (Wildman–Crippen LogP) is 3.39. The lowest BCUT2D eigenvalue weighted by atomic mass is 10.00. The van der Waals surface area contributed by atoms with Gasteiger partial charge in [0.15, 0.2) is 5.96 Å². The lowest BCUT2D eigenvalue weighted by Crippen LogP contribution is -2.42. The first kappa shape index (κ1) is 19.2. The molecule has 0 radical (unpaired) electrons. The number of benzene rings is 1. The number of halogens is 1. The van der Waals surface area contributed by atoms with Crippen molar-refractivity contribution in [2.75, 3.05) is 19.7 Å². The summed E-state index contributed by atoms with van der Waals surface area (Å²) < 4.78 is 5.39. The average molecular weight is 417 g/mol. The molecular weight excluding hydrogens is 389 g/mol. The molecule has 0 aliphatic carbocycles. The molecule has 5 heteroatoms. The van der Waals surface area contributed by atoms with Gasteiger partial charge in [-0.25, -0.2) is 4.99 Å². The van der Waals surface area contributed by atoms with Crippen LogP contribution in [-0.2, 0) is 17.9 Å². The minimum atomic E-state index is 0. The number of nitrogens with zero attached hydrogens (tertiary/aromatic N) is 2. The summed E-state index contributed by atoms with van der Waals surface area (Å²) in [5.41, 5.74) is 8.47. The molecule has 4 nitrogen and oxygen atoms in total. The highest BCUT2D eigenvalue weighted by Gasteiger charge is 2.16. The van der Waals surface area contributed by atoms with Crippen molar-refractivity contribution in [3.8, 4) is 0 Å². The molecule has 0 bridgehead atoms. The van der Waals surface area contributed by atoms with Gasteiger partial charge in [0.05, 0.1) is 13.2 Å². The Morgan fingerprint density at radius 2 is 1.82 bits per heavy atom. The van der Waals surface area contributed by atoms with E-state index in [0.29, 0.717) is 19.1 Å². The molecule has 1 fully saturated rings. The molecule has 0 saturated carbocycles. The first-order chi connectivity index (χ1) is 10.2. The standard InChI is InChI=1S/C17H27N3O.HI/c1-3-21-13-16-6-4-15(5-7-16)12-19-17(18)20-10-8-14(2)9-11-20;/h4-7,14H,3,8-13H2,1-2H3,(H2,18,19);1H. The number of hydrogen-bond acceptors (Lipinski definition) is 2. The van der Waals surface area contributed by atoms with Gasteiger partial charge in [0, 0.05) is 19.7 Å². The van der Waals surface area contributed by atoms with Crippen LogP contribution in [0.1, 0.15) is 37.8 Å². The summed E-state index contributed by atoms with van der Waals surface area (Å²) in [5.74, 6) is 1.49. The Morgan fingerprint density at radius 3 is 2.41 bits per heavy atom. The largest absolute Gasteiger partial charge is 0.377 e. The fourth-order valence-corrected chi connectivity index (χ4v) is 2.47. The fraction of sp³-hybridized carbons (Fsp3) is 0.588. The number of rotatable bonds is 5. The van der Waals surface area contributed by atoms with Crippen LogP contribution in [0, 0.1) is 5.92 Å². The number of guanidine groups is 1. The van der Waals surface area contributed by atoms with Gasteiger partial charge in [-0.05, 0) is 36.8 Å². The zero-order valence-corrected chi connectivity index (χ0v) is 16.0. The second-order valence-electron chi connectivity index (χ2n) is 5.80. The molecule has 1 aliphatic heterocycles. The van der Waals surface area contributed by atoms with Gasteiger partial charge in [0.2, 0.25) is 0 Å². The van der Waals surface area contributed by atoms with E-state index in [-0.39, 0.29) is 24.0 Å². The van der Waals surface area contributed by atoms with E-state index >= 15 is 0 Å². The Morgan fingerprint density at radius 1 is 1.23 bits per heavy atom. The van der Waals surface area contributed by atoms with Gasteiger partial charge in [-0.1, -0.05) is 31.2 Å². The SMILES string of the molecule is CCOCc1ccc(CN=C(N)N2CCC(C)CC2)cc1.I. The number of ether oxygens (including phenoxy) is 1. The van der Waals surface area contributed by atoms with Gasteiger partial charge >= 0.3 is 0 Å². The monoisotopic (exact) mass is 417 g/mol. The van der Waals surface area contributed by atoms with Crippen molar-refractivity contribution in [1.29, 1.82) is 0 Å². The summed E-state index contributed by atoms with van der Waals surface area (Å²) in [4.78, 5) is 6.72. The average Bonchev–Trinajstić information content (AvgIpc) is 2.52. The van der Waals surface area contributed by atoms with Crippen molar-refractivity contribution in [3.05, 3.63) is 35.4 Å². The summed E-state index contributed by atoms with van der Waals surface area (Å²) in [6.45, 7) is 8.44. The van der Waals surface area contributed by atoms with E-state index in [9.17, 15) is 0 Å². The van der Waals surface area contributed by atoms with Crippen LogP contribution in [0.4, 0.5) is 0 Å². The van der Waals surface area contributed by atoms with E-state index in [4.69, 9.17) is 10.5 Å². The van der Waals surface area contributed by atoms with Crippen LogP contribution in [0.5, 0.6) is 0 Å². The van der Waals surface area contributed by atoms with Gasteiger partial charge in [-0.15, -0.1) is 24.0 Å². The maximum atomic E-state index is 6.09. The van der Waals surface area contributed by atoms with Gasteiger partial charge in [-0.3, -0.25) is 0 Å². The molecule has 0 amide bonds. The highest BCUT2D eigenvalue weighted by molar-refractivity contribution is 14.0. The Kier molecular flexibility index (Phi) is 8.78. The number of piperidine rings is 1. The van der Waals surface area contributed by atoms with E-state index in [2.05, 4.69) is 41.1 Å². The third-order valence-corrected chi connectivity index (χ3v) is 4.03. The number of aliphatic imine (C=N–C) groups is 1. The van der Waals surface area contributed by atoms with Gasteiger partial charge in [0.25, 0.3) is 0 Å². The zero-order chi connectivity index (χ0) is 15.1. The zero-order valence-electron chi connectivity index (χ0n) is 13.6. The number of nitrogens with two attached hydrogens (primary N) is 1. The van der Waals surface area contributed by atoms with Crippen LogP contribution < -0.4 is 5.73 Å². The molecular formula is C17H28IN3O. The van der Waals surface area contributed by atoms with Crippen molar-refractivity contribution in [3.63, 3.8) is 0 Å². The molecule has 1 aromatic carbocycles. The van der Waals surface area contributed by atoms with Crippen LogP contribution in [-0.4, -0.2) is 30.6 Å². The fourth-order valence-electron chi connectivity index (χ4n) is 2.47. The maximum Gasteiger partial charge on any atom is 0.191 e. The second-order valence-corrected chi connectivity index (χ2v) is 5.80. The van der Waals surface area contributed by atoms with E-state index in [0.717, 1.165) is 25.6 Å². The summed E-state index contributed by atoms with van der Waals surface area (Å²) in [7, 11) is 0. The first-order valence-corrected chi connectivity index (χ1v) is 7.89. The van der Waals surface area contributed by atoms with Crippen molar-refractivity contribution in [2.45, 2.75) is 39.8 Å². The van der Waals surface area contributed by atoms with Crippen LogP contribution in [0.15, 0.2) is 29.3 Å². The quantitative estimate of drug-likeness (QED) is 0.454. The lowest BCUT2D eigenvalue weighted by molar-refractivity contribution is 0.134. The predicted molar refractivity (Wildman–Crippen MR) is 102 cm³/mol. The third kappa shape index (κ3) is 6.12. The van der Waals surface area contributed by atoms with Gasteiger partial charge in [-0.2, -0.15) is 0 Å². The molecule has 0 aromatic heterocycles. The molecule has 22 heavy (non-hydrogen) atoms. The normalized spacial score (nSPS) is 16.5. The Labute approximate surface area is 151 Å². The summed E-state index contributed by atoms with van der Waals surface area (Å²) >= 11 is 0. The van der Waals surface area contributed by atoms with Crippen LogP contribution >= 0.6 is 24.0 Å². The van der Waals surface area contributed by atoms with Crippen molar-refractivity contribution >= 4 is 29.9 Å². The summed E-state index contributed by atoms with van der Waals surface area (Å²) in [6.07, 6.45) is 2.42. The highest BCUT2D eigenvalue weighted by Crippen LogP contribution is 2.15. The molecule has 0 unspecified atom stereocenters. The highest BCUT2D eigenvalue weighted by atomic mass is 127. The van der Waals surface area contributed by atoms with Crippen molar-refractivity contribution in [1.82, 2.24) is 4.90 Å². The lowest BCUT2D eigenvalue weighted by Gasteiger charge is -2.31. The van der Waals surface area contributed by atoms with Gasteiger partial charge in [0.1, 0.15) is 0 Å². The second kappa shape index (κ2) is 10.0. The van der Waals surface area contributed by atoms with Gasteiger partial charge < -0.3 is 15.4 Å². The minimum absolute atomic E-state index is 0.